The van der Waals surface area contributed by atoms with Gasteiger partial charge in [0, 0.05) is 31.6 Å². The predicted molar refractivity (Wildman–Crippen MR) is 132 cm³/mol. The molecule has 2 fully saturated rings. The first kappa shape index (κ1) is 26.2. The summed E-state index contributed by atoms with van der Waals surface area (Å²) in [6.45, 7) is 1.14. The lowest BCUT2D eigenvalue weighted by Crippen LogP contribution is -2.65. The summed E-state index contributed by atoms with van der Waals surface area (Å²) in [5.41, 5.74) is 0.616. The molecular weight excluding hydrogens is 559 g/mol. The second-order valence-corrected chi connectivity index (χ2v) is 10.8. The first-order chi connectivity index (χ1) is 17.5. The van der Waals surface area contributed by atoms with Gasteiger partial charge in [-0.25, -0.2) is 4.21 Å². The predicted octanol–water partition coefficient (Wildman–Crippen LogP) is 4.75. The quantitative estimate of drug-likeness (QED) is 0.444. The number of carbonyl (C=O) groups is 1. The van der Waals surface area contributed by atoms with Crippen LogP contribution in [0.25, 0.3) is 10.9 Å². The van der Waals surface area contributed by atoms with E-state index in [1.54, 1.807) is 24.3 Å². The van der Waals surface area contributed by atoms with Crippen LogP contribution >= 0.6 is 23.2 Å². The van der Waals surface area contributed by atoms with Crippen molar-refractivity contribution in [3.63, 3.8) is 0 Å². The van der Waals surface area contributed by atoms with Crippen LogP contribution in [0.1, 0.15) is 5.56 Å². The Hall–Kier alpha value is -2.38. The second kappa shape index (κ2) is 9.73. The highest BCUT2D eigenvalue weighted by Gasteiger charge is 2.49. The highest BCUT2D eigenvalue weighted by Crippen LogP contribution is 2.39. The van der Waals surface area contributed by atoms with Crippen LogP contribution in [0.15, 0.2) is 47.5 Å². The van der Waals surface area contributed by atoms with Crippen molar-refractivity contribution in [2.45, 2.75) is 16.6 Å². The Morgan fingerprint density at radius 1 is 1.00 bits per heavy atom. The SMILES string of the molecule is O=C(N1CCN(C2(c3ccc(S(=O)Nc4ccc(Cl)c5c(Cl)cn(F)c45)cc3)COC2)CC1)C(F)(F)F. The monoisotopic (exact) mass is 578 g/mol. The third kappa shape index (κ3) is 4.69. The summed E-state index contributed by atoms with van der Waals surface area (Å²) in [6, 6.07) is 9.94. The van der Waals surface area contributed by atoms with Crippen molar-refractivity contribution < 1.29 is 31.4 Å². The van der Waals surface area contributed by atoms with Gasteiger partial charge in [-0.05, 0) is 29.8 Å². The van der Waals surface area contributed by atoms with Crippen LogP contribution in [0, 0.1) is 0 Å². The number of nitrogens with one attached hydrogen (secondary N) is 1. The van der Waals surface area contributed by atoms with E-state index in [-0.39, 0.29) is 47.4 Å². The minimum absolute atomic E-state index is 0.0397. The van der Waals surface area contributed by atoms with Crippen LogP contribution < -0.4 is 4.72 Å². The van der Waals surface area contributed by atoms with Crippen LogP contribution in [-0.4, -0.2) is 70.3 Å². The molecular formula is C23H20Cl2F4N4O3S. The van der Waals surface area contributed by atoms with Gasteiger partial charge < -0.3 is 9.64 Å². The van der Waals surface area contributed by atoms with E-state index in [2.05, 4.69) is 4.72 Å². The van der Waals surface area contributed by atoms with Gasteiger partial charge in [0.25, 0.3) is 0 Å². The largest absolute Gasteiger partial charge is 0.471 e. The Bertz CT molecular complexity index is 1370. The molecule has 14 heteroatoms. The van der Waals surface area contributed by atoms with E-state index < -0.39 is 28.6 Å². The van der Waals surface area contributed by atoms with Crippen molar-refractivity contribution in [1.82, 2.24) is 14.6 Å². The van der Waals surface area contributed by atoms with Crippen molar-refractivity contribution in [2.75, 3.05) is 44.1 Å². The number of ether oxygens (including phenoxy) is 1. The summed E-state index contributed by atoms with van der Waals surface area (Å²) in [5, 5.41) is 0.679. The van der Waals surface area contributed by atoms with Gasteiger partial charge in [0.1, 0.15) is 16.5 Å². The van der Waals surface area contributed by atoms with Crippen LogP contribution in [0.3, 0.4) is 0 Å². The van der Waals surface area contributed by atoms with E-state index >= 15 is 0 Å². The number of rotatable bonds is 5. The number of hydrogen-bond donors (Lipinski definition) is 1. The van der Waals surface area contributed by atoms with E-state index in [1.807, 2.05) is 4.90 Å². The van der Waals surface area contributed by atoms with Gasteiger partial charge in [-0.2, -0.15) is 18.0 Å². The fraction of sp³-hybridized carbons (Fsp3) is 0.348. The first-order valence-corrected chi connectivity index (χ1v) is 13.0. The zero-order valence-electron chi connectivity index (χ0n) is 19.0. The Morgan fingerprint density at radius 2 is 1.65 bits per heavy atom. The molecule has 0 radical (unpaired) electrons. The summed E-state index contributed by atoms with van der Waals surface area (Å²) < 4.78 is 74.0. The number of aromatic nitrogens is 1. The van der Waals surface area contributed by atoms with Gasteiger partial charge >= 0.3 is 12.1 Å². The van der Waals surface area contributed by atoms with Crippen molar-refractivity contribution >= 4 is 56.7 Å². The number of anilines is 1. The molecule has 2 aliphatic heterocycles. The maximum atomic E-state index is 14.4. The average molecular weight is 579 g/mol. The molecule has 0 saturated carbocycles. The summed E-state index contributed by atoms with van der Waals surface area (Å²) >= 11 is 12.2. The van der Waals surface area contributed by atoms with Crippen molar-refractivity contribution in [1.29, 1.82) is 0 Å². The maximum Gasteiger partial charge on any atom is 0.471 e. The molecule has 37 heavy (non-hydrogen) atoms. The Balaban J connectivity index is 1.31. The number of amides is 1. The molecule has 3 heterocycles. The van der Waals surface area contributed by atoms with E-state index in [0.717, 1.165) is 16.7 Å². The van der Waals surface area contributed by atoms with E-state index in [1.165, 1.54) is 12.1 Å². The second-order valence-electron chi connectivity index (χ2n) is 8.80. The van der Waals surface area contributed by atoms with E-state index in [4.69, 9.17) is 27.9 Å². The van der Waals surface area contributed by atoms with E-state index in [9.17, 15) is 26.7 Å². The lowest BCUT2D eigenvalue weighted by atomic mass is 9.85. The van der Waals surface area contributed by atoms with Gasteiger partial charge in [-0.15, -0.1) is 0 Å². The van der Waals surface area contributed by atoms with Crippen LogP contribution in [0.5, 0.6) is 0 Å². The smallest absolute Gasteiger partial charge is 0.377 e. The summed E-state index contributed by atoms with van der Waals surface area (Å²) in [4.78, 5) is 15.1. The first-order valence-electron chi connectivity index (χ1n) is 11.1. The number of piperazine rings is 1. The van der Waals surface area contributed by atoms with Crippen LogP contribution in [0.4, 0.5) is 23.3 Å². The molecule has 2 saturated heterocycles. The molecule has 2 aromatic carbocycles. The van der Waals surface area contributed by atoms with Gasteiger partial charge in [0.2, 0.25) is 0 Å². The number of halogens is 6. The number of benzene rings is 2. The zero-order chi connectivity index (χ0) is 26.5. The van der Waals surface area contributed by atoms with Crippen LogP contribution in [-0.2, 0) is 26.1 Å². The molecule has 1 unspecified atom stereocenters. The topological polar surface area (TPSA) is 66.8 Å². The van der Waals surface area contributed by atoms with E-state index in [0.29, 0.717) is 28.3 Å². The third-order valence-corrected chi connectivity index (χ3v) is 8.42. The Morgan fingerprint density at radius 3 is 2.22 bits per heavy atom. The lowest BCUT2D eigenvalue weighted by Gasteiger charge is -2.52. The molecule has 0 spiro atoms. The number of fused-ring (bicyclic) bond motifs is 1. The molecule has 1 amide bonds. The van der Waals surface area contributed by atoms with Gasteiger partial charge in [0.05, 0.1) is 45.6 Å². The zero-order valence-corrected chi connectivity index (χ0v) is 21.4. The standard InChI is InChI=1S/C23H20Cl2F4N4O3S/c24-16-5-6-18(20-19(16)17(25)11-33(20)29)30-37(35)15-3-1-14(2-4-15)22(12-36-13-22)32-9-7-31(8-10-32)21(34)23(26,27)28/h1-6,11,30H,7-10,12-13H2. The minimum Gasteiger partial charge on any atom is -0.377 e. The Kier molecular flexibility index (Phi) is 6.90. The minimum atomic E-state index is -4.89. The van der Waals surface area contributed by atoms with Crippen LogP contribution in [0.2, 0.25) is 10.0 Å². The number of hydrogen-bond acceptors (Lipinski definition) is 4. The number of nitrogens with zero attached hydrogens (tertiary/aromatic N) is 3. The fourth-order valence-corrected chi connectivity index (χ4v) is 6.16. The van der Waals surface area contributed by atoms with Crippen molar-refractivity contribution in [3.05, 3.63) is 58.2 Å². The molecule has 2 aliphatic rings. The van der Waals surface area contributed by atoms with Gasteiger partial charge in [0.15, 0.2) is 0 Å². The summed E-state index contributed by atoms with van der Waals surface area (Å²) in [7, 11) is -1.75. The van der Waals surface area contributed by atoms with Gasteiger partial charge in [-0.3, -0.25) is 14.4 Å². The average Bonchev–Trinajstić information content (AvgIpc) is 3.14. The Labute approximate surface area is 221 Å². The molecule has 1 atom stereocenters. The molecule has 1 aromatic heterocycles. The maximum absolute atomic E-state index is 14.4. The lowest BCUT2D eigenvalue weighted by molar-refractivity contribution is -0.192. The normalized spacial score (nSPS) is 19.0. The fourth-order valence-electron chi connectivity index (χ4n) is 4.72. The summed E-state index contributed by atoms with van der Waals surface area (Å²) in [5.74, 6) is -1.83. The molecule has 7 nitrogen and oxygen atoms in total. The highest BCUT2D eigenvalue weighted by atomic mass is 35.5. The number of carbonyl (C=O) groups excluding carboxylic acids is 1. The molecule has 198 valence electrons. The van der Waals surface area contributed by atoms with Crippen molar-refractivity contribution in [3.8, 4) is 0 Å². The summed E-state index contributed by atoms with van der Waals surface area (Å²) in [6.07, 6.45) is -3.82. The number of alkyl halides is 3. The molecule has 3 aromatic rings. The molecule has 0 aliphatic carbocycles. The molecule has 5 rings (SSSR count). The molecule has 1 N–H and O–H groups in total. The molecule has 0 bridgehead atoms. The van der Waals surface area contributed by atoms with Crippen molar-refractivity contribution in [2.24, 2.45) is 0 Å². The third-order valence-electron chi connectivity index (χ3n) is 6.71. The highest BCUT2D eigenvalue weighted by molar-refractivity contribution is 7.86. The van der Waals surface area contributed by atoms with Gasteiger partial charge in [-0.1, -0.05) is 39.8 Å².